The first-order chi connectivity index (χ1) is 4.31. The van der Waals surface area contributed by atoms with Gasteiger partial charge in [0.25, 0.3) is 0 Å². The van der Waals surface area contributed by atoms with Gasteiger partial charge in [-0.3, -0.25) is 0 Å². The van der Waals surface area contributed by atoms with Gasteiger partial charge in [0, 0.05) is 0 Å². The van der Waals surface area contributed by atoms with Crippen molar-refractivity contribution in [2.24, 2.45) is 10.8 Å². The molecule has 0 aliphatic heterocycles. The van der Waals surface area contributed by atoms with E-state index in [1.165, 1.54) is 5.75 Å². The fraction of sp³-hybridized carbons (Fsp3) is 1.00. The molecule has 0 rings (SSSR count). The summed E-state index contributed by atoms with van der Waals surface area (Å²) in [5, 5.41) is 0. The third-order valence-electron chi connectivity index (χ3n) is 2.54. The smallest absolute Gasteiger partial charge is 0.00139 e. The molecule has 0 bridgehead atoms. The third kappa shape index (κ3) is 2.53. The van der Waals surface area contributed by atoms with Crippen molar-refractivity contribution in [3.8, 4) is 0 Å². The van der Waals surface area contributed by atoms with E-state index in [4.69, 9.17) is 0 Å². The molecule has 0 aromatic carbocycles. The standard InChI is InChI=1S/C9H20S/c1-8(2,3)9(4,5)7-10-6/h7H2,1-6H3. The lowest BCUT2D eigenvalue weighted by atomic mass is 9.71. The lowest BCUT2D eigenvalue weighted by molar-refractivity contribution is 0.163. The Balaban J connectivity index is 4.10. The van der Waals surface area contributed by atoms with Crippen molar-refractivity contribution >= 4 is 11.8 Å². The number of hydrogen-bond acceptors (Lipinski definition) is 1. The SMILES string of the molecule is CSCC(C)(C)C(C)(C)C. The molecule has 0 aliphatic rings. The lowest BCUT2D eigenvalue weighted by Gasteiger charge is -2.38. The summed E-state index contributed by atoms with van der Waals surface area (Å²) in [6, 6.07) is 0. The molecule has 0 nitrogen and oxygen atoms in total. The van der Waals surface area contributed by atoms with Crippen molar-refractivity contribution in [3.05, 3.63) is 0 Å². The topological polar surface area (TPSA) is 0 Å². The Hall–Kier alpha value is 0.350. The van der Waals surface area contributed by atoms with Crippen LogP contribution in [0, 0.1) is 10.8 Å². The van der Waals surface area contributed by atoms with Gasteiger partial charge in [-0.25, -0.2) is 0 Å². The Morgan fingerprint density at radius 1 is 1.00 bits per heavy atom. The number of rotatable bonds is 2. The van der Waals surface area contributed by atoms with Crippen molar-refractivity contribution in [2.75, 3.05) is 12.0 Å². The predicted molar refractivity (Wildman–Crippen MR) is 51.6 cm³/mol. The summed E-state index contributed by atoms with van der Waals surface area (Å²) in [5.74, 6) is 1.25. The van der Waals surface area contributed by atoms with Gasteiger partial charge >= 0.3 is 0 Å². The summed E-state index contributed by atoms with van der Waals surface area (Å²) in [7, 11) is 0. The lowest BCUT2D eigenvalue weighted by Crippen LogP contribution is -2.31. The van der Waals surface area contributed by atoms with Gasteiger partial charge in [0.1, 0.15) is 0 Å². The van der Waals surface area contributed by atoms with E-state index < -0.39 is 0 Å². The molecule has 0 saturated heterocycles. The molecule has 0 aromatic rings. The van der Waals surface area contributed by atoms with Crippen LogP contribution in [-0.4, -0.2) is 12.0 Å². The van der Waals surface area contributed by atoms with Crippen molar-refractivity contribution < 1.29 is 0 Å². The van der Waals surface area contributed by atoms with Gasteiger partial charge in [-0.1, -0.05) is 34.6 Å². The van der Waals surface area contributed by atoms with Crippen LogP contribution in [0.2, 0.25) is 0 Å². The van der Waals surface area contributed by atoms with Gasteiger partial charge < -0.3 is 0 Å². The zero-order valence-corrected chi connectivity index (χ0v) is 8.93. The molecule has 0 N–H and O–H groups in total. The van der Waals surface area contributed by atoms with Crippen LogP contribution < -0.4 is 0 Å². The molecule has 0 radical (unpaired) electrons. The molecule has 10 heavy (non-hydrogen) atoms. The average molecular weight is 160 g/mol. The van der Waals surface area contributed by atoms with Crippen LogP contribution in [0.25, 0.3) is 0 Å². The van der Waals surface area contributed by atoms with Gasteiger partial charge in [0.05, 0.1) is 0 Å². The Morgan fingerprint density at radius 2 is 1.40 bits per heavy atom. The van der Waals surface area contributed by atoms with Gasteiger partial charge in [-0.05, 0) is 22.8 Å². The maximum Gasteiger partial charge on any atom is -0.00139 e. The van der Waals surface area contributed by atoms with E-state index in [1.807, 2.05) is 11.8 Å². The molecule has 0 amide bonds. The molecule has 0 unspecified atom stereocenters. The van der Waals surface area contributed by atoms with Crippen LogP contribution in [0.1, 0.15) is 34.6 Å². The normalized spacial score (nSPS) is 13.8. The van der Waals surface area contributed by atoms with Crippen LogP contribution in [-0.2, 0) is 0 Å². The number of hydrogen-bond donors (Lipinski definition) is 0. The minimum atomic E-state index is 0.427. The number of thioether (sulfide) groups is 1. The van der Waals surface area contributed by atoms with Crippen molar-refractivity contribution in [3.63, 3.8) is 0 Å². The zero-order valence-electron chi connectivity index (χ0n) is 8.12. The van der Waals surface area contributed by atoms with Gasteiger partial charge in [-0.15, -0.1) is 0 Å². The highest BCUT2D eigenvalue weighted by Gasteiger charge is 2.31. The first-order valence-electron chi connectivity index (χ1n) is 3.80. The minimum Gasteiger partial charge on any atom is -0.165 e. The maximum absolute atomic E-state index is 2.34. The summed E-state index contributed by atoms with van der Waals surface area (Å²) in [4.78, 5) is 0. The van der Waals surface area contributed by atoms with E-state index in [1.54, 1.807) is 0 Å². The summed E-state index contributed by atoms with van der Waals surface area (Å²) < 4.78 is 0. The molecule has 0 spiro atoms. The van der Waals surface area contributed by atoms with Crippen LogP contribution in [0.15, 0.2) is 0 Å². The molecule has 0 atom stereocenters. The summed E-state index contributed by atoms with van der Waals surface area (Å²) >= 11 is 1.94. The second kappa shape index (κ2) is 3.17. The molecule has 62 valence electrons. The summed E-state index contributed by atoms with van der Waals surface area (Å²) in [6.07, 6.45) is 2.17. The molecular formula is C9H20S. The van der Waals surface area contributed by atoms with Crippen LogP contribution in [0.4, 0.5) is 0 Å². The van der Waals surface area contributed by atoms with E-state index in [2.05, 4.69) is 40.9 Å². The second-order valence-corrected chi connectivity index (χ2v) is 5.43. The van der Waals surface area contributed by atoms with Crippen LogP contribution in [0.3, 0.4) is 0 Å². The van der Waals surface area contributed by atoms with E-state index >= 15 is 0 Å². The fourth-order valence-electron chi connectivity index (χ4n) is 0.577. The molecule has 0 saturated carbocycles. The Bertz CT molecular complexity index is 97.8. The summed E-state index contributed by atoms with van der Waals surface area (Å²) in [5.41, 5.74) is 0.877. The van der Waals surface area contributed by atoms with Gasteiger partial charge in [0.2, 0.25) is 0 Å². The molecular weight excluding hydrogens is 140 g/mol. The first kappa shape index (κ1) is 10.3. The van der Waals surface area contributed by atoms with Gasteiger partial charge in [0.15, 0.2) is 0 Å². The van der Waals surface area contributed by atoms with Crippen molar-refractivity contribution in [1.29, 1.82) is 0 Å². The predicted octanol–water partition coefficient (Wildman–Crippen LogP) is 3.42. The average Bonchev–Trinajstić information content (AvgIpc) is 1.61. The minimum absolute atomic E-state index is 0.427. The Morgan fingerprint density at radius 3 is 1.50 bits per heavy atom. The quantitative estimate of drug-likeness (QED) is 0.596. The monoisotopic (exact) mass is 160 g/mol. The molecule has 0 aliphatic carbocycles. The van der Waals surface area contributed by atoms with Crippen molar-refractivity contribution in [1.82, 2.24) is 0 Å². The fourth-order valence-corrected chi connectivity index (χ4v) is 1.73. The molecule has 1 heteroatoms. The Labute approximate surface area is 69.8 Å². The summed E-state index contributed by atoms with van der Waals surface area (Å²) in [6.45, 7) is 11.6. The Kier molecular flexibility index (Phi) is 3.28. The highest BCUT2D eigenvalue weighted by molar-refractivity contribution is 7.98. The highest BCUT2D eigenvalue weighted by Crippen LogP contribution is 2.39. The largest absolute Gasteiger partial charge is 0.165 e. The molecule has 0 heterocycles. The van der Waals surface area contributed by atoms with E-state index in [-0.39, 0.29) is 0 Å². The molecule has 0 fully saturated rings. The van der Waals surface area contributed by atoms with Crippen molar-refractivity contribution in [2.45, 2.75) is 34.6 Å². The van der Waals surface area contributed by atoms with E-state index in [0.29, 0.717) is 10.8 Å². The first-order valence-corrected chi connectivity index (χ1v) is 5.19. The zero-order chi connectivity index (χ0) is 8.41. The third-order valence-corrected chi connectivity index (χ3v) is 3.55. The highest BCUT2D eigenvalue weighted by atomic mass is 32.2. The van der Waals surface area contributed by atoms with E-state index in [0.717, 1.165) is 0 Å². The van der Waals surface area contributed by atoms with Crippen LogP contribution in [0.5, 0.6) is 0 Å². The van der Waals surface area contributed by atoms with E-state index in [9.17, 15) is 0 Å². The second-order valence-electron chi connectivity index (χ2n) is 4.57. The van der Waals surface area contributed by atoms with Crippen LogP contribution >= 0.6 is 11.8 Å². The van der Waals surface area contributed by atoms with Gasteiger partial charge in [-0.2, -0.15) is 11.8 Å². The molecule has 0 aromatic heterocycles. The maximum atomic E-state index is 2.34.